The Hall–Kier alpha value is 0.599. The summed E-state index contributed by atoms with van der Waals surface area (Å²) in [5.74, 6) is 3.10. The van der Waals surface area contributed by atoms with Crippen molar-refractivity contribution in [3.8, 4) is 5.92 Å². The van der Waals surface area contributed by atoms with Crippen molar-refractivity contribution in [3.05, 3.63) is 70.1 Å². The average molecular weight is 273 g/mol. The largest absolute Gasteiger partial charge is 1.00 e. The minimum Gasteiger partial charge on any atom is -0.693 e. The summed E-state index contributed by atoms with van der Waals surface area (Å²) in [7, 11) is 0. The summed E-state index contributed by atoms with van der Waals surface area (Å²) in [6.45, 7) is 0. The summed E-state index contributed by atoms with van der Waals surface area (Å²) in [6.07, 6.45) is 24.1. The second-order valence-electron chi connectivity index (χ2n) is 2.26. The van der Waals surface area contributed by atoms with Gasteiger partial charge in [0.05, 0.1) is 0 Å². The third-order valence-corrected chi connectivity index (χ3v) is 1.36. The zero-order chi connectivity index (χ0) is 8.65. The summed E-state index contributed by atoms with van der Waals surface area (Å²) in [5, 5.41) is 0. The summed E-state index contributed by atoms with van der Waals surface area (Å²) in [6, 6.07) is 0. The summed E-state index contributed by atoms with van der Waals surface area (Å²) in [5.41, 5.74) is 0. The molecule has 76 valence electrons. The Bertz CT molecular complexity index is 133. The monoisotopic (exact) mass is 272 g/mol. The van der Waals surface area contributed by atoms with Gasteiger partial charge in [-0.2, -0.15) is 0 Å². The predicted octanol–water partition coefficient (Wildman–Crippen LogP) is 2.00. The van der Waals surface area contributed by atoms with Crippen LogP contribution in [0.2, 0.25) is 0 Å². The smallest absolute Gasteiger partial charge is 0.693 e. The maximum absolute atomic E-state index is 6.61. The van der Waals surface area contributed by atoms with E-state index in [1.807, 2.05) is 57.8 Å². The molecule has 2 fully saturated rings. The van der Waals surface area contributed by atoms with E-state index in [0.29, 0.717) is 0 Å². The molecule has 0 aliphatic heterocycles. The second kappa shape index (κ2) is 11.7. The van der Waals surface area contributed by atoms with Gasteiger partial charge in [0.1, 0.15) is 0 Å². The van der Waals surface area contributed by atoms with Crippen LogP contribution in [0.15, 0.2) is 0 Å². The van der Waals surface area contributed by atoms with Crippen molar-refractivity contribution in [2.24, 2.45) is 0 Å². The van der Waals surface area contributed by atoms with Crippen molar-refractivity contribution in [3.63, 3.8) is 0 Å². The fourth-order valence-electron chi connectivity index (χ4n) is 0.778. The zero-order valence-electron chi connectivity index (χ0n) is 7.35. The zero-order valence-corrected chi connectivity index (χ0v) is 9.40. The molecule has 0 atom stereocenters. The summed E-state index contributed by atoms with van der Waals surface area (Å²) >= 11 is 0. The Morgan fingerprint density at radius 2 is 1.14 bits per heavy atom. The first-order chi connectivity index (χ1) is 5.93. The van der Waals surface area contributed by atoms with E-state index >= 15 is 0 Å². The van der Waals surface area contributed by atoms with Crippen molar-refractivity contribution in [1.82, 2.24) is 0 Å². The van der Waals surface area contributed by atoms with E-state index in [2.05, 4.69) is 5.92 Å². The van der Waals surface area contributed by atoms with Crippen LogP contribution in [0.5, 0.6) is 0 Å². The van der Waals surface area contributed by atoms with Crippen LogP contribution in [-0.2, 0) is 34.1 Å². The van der Waals surface area contributed by atoms with Gasteiger partial charge in [0.2, 0.25) is 0 Å². The molecule has 0 aromatic carbocycles. The van der Waals surface area contributed by atoms with Crippen molar-refractivity contribution < 1.29 is 34.1 Å². The molecule has 0 N–H and O–H groups in total. The molecule has 0 heterocycles. The third kappa shape index (κ3) is 7.95. The Morgan fingerprint density at radius 1 is 0.786 bits per heavy atom. The van der Waals surface area contributed by atoms with E-state index in [4.69, 9.17) is 6.42 Å². The Morgan fingerprint density at radius 3 is 1.36 bits per heavy atom. The first-order valence-corrected chi connectivity index (χ1v) is 3.74. The van der Waals surface area contributed by atoms with Gasteiger partial charge >= 0.3 is 17.1 Å². The van der Waals surface area contributed by atoms with Crippen LogP contribution in [0.25, 0.3) is 0 Å². The van der Waals surface area contributed by atoms with Gasteiger partial charge in [-0.3, -0.25) is 0 Å². The van der Waals surface area contributed by atoms with Gasteiger partial charge in [-0.25, -0.2) is 0 Å². The molecule has 0 nitrogen and oxygen atoms in total. The first kappa shape index (κ1) is 17.0. The minimum atomic E-state index is 0. The van der Waals surface area contributed by atoms with E-state index in [1.165, 1.54) is 0 Å². The molecule has 0 spiro atoms. The van der Waals surface area contributed by atoms with Crippen molar-refractivity contribution in [2.45, 2.75) is 0 Å². The predicted molar refractivity (Wildman–Crippen MR) is 49.1 cm³/mol. The first-order valence-electron chi connectivity index (χ1n) is 3.74. The number of hydrogen-bond acceptors (Lipinski definition) is 0. The van der Waals surface area contributed by atoms with Gasteiger partial charge in [0.15, 0.2) is 0 Å². The molecule has 10 radical (unpaired) electrons. The van der Waals surface area contributed by atoms with Crippen LogP contribution in [0.4, 0.5) is 0 Å². The standard InChI is InChI=1S/C7H4.C5H5.Cu.Fe/c1-2-7-5-3-4-6-7;1-2-4-5-3-1;;/h3-6H;1-5H;;/q-1;;+1;. The van der Waals surface area contributed by atoms with E-state index in [0.717, 1.165) is 5.92 Å². The Balaban J connectivity index is 0. The average Bonchev–Trinajstić information content (AvgIpc) is 2.81. The SMILES string of the molecule is [C-]#C[C]1[CH][CH][CH][CH]1.[CH]1[CH][CH][CH][CH]1.[Cu+].[Fe]. The third-order valence-electron chi connectivity index (χ3n) is 1.36. The quantitative estimate of drug-likeness (QED) is 0.359. The molecule has 0 bridgehead atoms. The van der Waals surface area contributed by atoms with Crippen LogP contribution < -0.4 is 0 Å². The molecule has 0 unspecified atom stereocenters. The van der Waals surface area contributed by atoms with Crippen LogP contribution in [0, 0.1) is 76.0 Å². The fraction of sp³-hybridized carbons (Fsp3) is 0. The normalized spacial score (nSPS) is 19.6. The molecule has 0 saturated heterocycles. The molecule has 2 aliphatic carbocycles. The molecule has 2 aliphatic rings. The summed E-state index contributed by atoms with van der Waals surface area (Å²) < 4.78 is 0. The molecule has 0 aromatic rings. The number of hydrogen-bond donors (Lipinski definition) is 0. The molecule has 2 rings (SSSR count). The van der Waals surface area contributed by atoms with E-state index in [1.54, 1.807) is 0 Å². The maximum Gasteiger partial charge on any atom is 1.00 e. The topological polar surface area (TPSA) is 0 Å². The van der Waals surface area contributed by atoms with E-state index < -0.39 is 0 Å². The van der Waals surface area contributed by atoms with E-state index in [9.17, 15) is 0 Å². The number of rotatable bonds is 0. The van der Waals surface area contributed by atoms with Crippen LogP contribution in [0.3, 0.4) is 0 Å². The van der Waals surface area contributed by atoms with Crippen molar-refractivity contribution in [2.75, 3.05) is 0 Å². The molecular weight excluding hydrogens is 264 g/mol. The van der Waals surface area contributed by atoms with E-state index in [-0.39, 0.29) is 34.1 Å². The molecule has 14 heavy (non-hydrogen) atoms. The molecule has 0 aromatic heterocycles. The van der Waals surface area contributed by atoms with Gasteiger partial charge in [-0.1, -0.05) is 0 Å². The molecular formula is C12H9CuFe. The minimum absolute atomic E-state index is 0. The Kier molecular flexibility index (Phi) is 14.2. The maximum atomic E-state index is 6.61. The van der Waals surface area contributed by atoms with Gasteiger partial charge < -0.3 is 12.3 Å². The van der Waals surface area contributed by atoms with Crippen LogP contribution >= 0.6 is 0 Å². The fourth-order valence-corrected chi connectivity index (χ4v) is 0.778. The van der Waals surface area contributed by atoms with Crippen molar-refractivity contribution in [1.29, 1.82) is 0 Å². The second-order valence-corrected chi connectivity index (χ2v) is 2.26. The Labute approximate surface area is 110 Å². The van der Waals surface area contributed by atoms with Crippen molar-refractivity contribution >= 4 is 0 Å². The summed E-state index contributed by atoms with van der Waals surface area (Å²) in [4.78, 5) is 0. The molecule has 2 saturated carbocycles. The van der Waals surface area contributed by atoms with Gasteiger partial charge in [-0.05, 0) is 57.8 Å². The van der Waals surface area contributed by atoms with Gasteiger partial charge in [-0.15, -0.1) is 0 Å². The van der Waals surface area contributed by atoms with Gasteiger partial charge in [0.25, 0.3) is 0 Å². The van der Waals surface area contributed by atoms with Crippen LogP contribution in [-0.4, -0.2) is 0 Å². The molecule has 0 amide bonds. The van der Waals surface area contributed by atoms with Crippen LogP contribution in [0.1, 0.15) is 0 Å². The molecule has 2 heteroatoms. The van der Waals surface area contributed by atoms with Gasteiger partial charge in [0, 0.05) is 23.0 Å².